The maximum absolute atomic E-state index is 12.5. The summed E-state index contributed by atoms with van der Waals surface area (Å²) < 4.78 is 4.92. The third-order valence-electron chi connectivity index (χ3n) is 3.05. The molecule has 0 aliphatic heterocycles. The SMILES string of the molecule is COCCN(CC(=O)O)C(=O)c1nccc2ccccc12. The molecule has 2 aromatic rings. The summed E-state index contributed by atoms with van der Waals surface area (Å²) in [5.74, 6) is -1.48. The number of methoxy groups -OCH3 is 1. The molecule has 0 aliphatic carbocycles. The third-order valence-corrected chi connectivity index (χ3v) is 3.05. The Bertz CT molecular complexity index is 652. The highest BCUT2D eigenvalue weighted by atomic mass is 16.5. The van der Waals surface area contributed by atoms with E-state index in [1.54, 1.807) is 12.3 Å². The Morgan fingerprint density at radius 2 is 2.05 bits per heavy atom. The lowest BCUT2D eigenvalue weighted by Crippen LogP contribution is -2.38. The van der Waals surface area contributed by atoms with Crippen LogP contribution in [0.5, 0.6) is 0 Å². The van der Waals surface area contributed by atoms with Crippen molar-refractivity contribution in [1.82, 2.24) is 9.88 Å². The fraction of sp³-hybridized carbons (Fsp3) is 0.267. The van der Waals surface area contributed by atoms with Gasteiger partial charge in [0.25, 0.3) is 5.91 Å². The lowest BCUT2D eigenvalue weighted by Gasteiger charge is -2.20. The number of hydrogen-bond acceptors (Lipinski definition) is 4. The Hall–Kier alpha value is -2.47. The summed E-state index contributed by atoms with van der Waals surface area (Å²) >= 11 is 0. The molecule has 0 saturated heterocycles. The number of nitrogens with zero attached hydrogens (tertiary/aromatic N) is 2. The number of aromatic nitrogens is 1. The molecular weight excluding hydrogens is 272 g/mol. The molecule has 1 heterocycles. The van der Waals surface area contributed by atoms with Crippen LogP contribution in [0.3, 0.4) is 0 Å². The van der Waals surface area contributed by atoms with Crippen LogP contribution < -0.4 is 0 Å². The molecule has 21 heavy (non-hydrogen) atoms. The van der Waals surface area contributed by atoms with E-state index < -0.39 is 11.9 Å². The number of carbonyl (C=O) groups is 2. The van der Waals surface area contributed by atoms with Gasteiger partial charge in [-0.1, -0.05) is 24.3 Å². The zero-order chi connectivity index (χ0) is 15.2. The van der Waals surface area contributed by atoms with Crippen LogP contribution in [0.1, 0.15) is 10.5 Å². The van der Waals surface area contributed by atoms with E-state index in [0.29, 0.717) is 5.39 Å². The number of fused-ring (bicyclic) bond motifs is 1. The predicted octanol–water partition coefficient (Wildman–Crippen LogP) is 1.41. The Morgan fingerprint density at radius 3 is 2.76 bits per heavy atom. The monoisotopic (exact) mass is 288 g/mol. The quantitative estimate of drug-likeness (QED) is 0.869. The number of carbonyl (C=O) groups excluding carboxylic acids is 1. The van der Waals surface area contributed by atoms with Gasteiger partial charge in [-0.25, -0.2) is 0 Å². The second kappa shape index (κ2) is 6.81. The lowest BCUT2D eigenvalue weighted by atomic mass is 10.1. The van der Waals surface area contributed by atoms with Crippen LogP contribution in [0, 0.1) is 0 Å². The summed E-state index contributed by atoms with van der Waals surface area (Å²) in [4.78, 5) is 28.8. The first-order valence-electron chi connectivity index (χ1n) is 6.47. The van der Waals surface area contributed by atoms with E-state index in [2.05, 4.69) is 4.98 Å². The van der Waals surface area contributed by atoms with Crippen LogP contribution in [-0.2, 0) is 9.53 Å². The molecule has 6 nitrogen and oxygen atoms in total. The van der Waals surface area contributed by atoms with Gasteiger partial charge in [-0.15, -0.1) is 0 Å². The van der Waals surface area contributed by atoms with E-state index in [1.165, 1.54) is 12.0 Å². The molecule has 1 amide bonds. The molecule has 2 rings (SSSR count). The van der Waals surface area contributed by atoms with Crippen LogP contribution in [0.4, 0.5) is 0 Å². The zero-order valence-electron chi connectivity index (χ0n) is 11.7. The van der Waals surface area contributed by atoms with Crippen molar-refractivity contribution in [1.29, 1.82) is 0 Å². The van der Waals surface area contributed by atoms with Gasteiger partial charge in [0.2, 0.25) is 0 Å². The normalized spacial score (nSPS) is 10.5. The smallest absolute Gasteiger partial charge is 0.323 e. The van der Waals surface area contributed by atoms with E-state index in [-0.39, 0.29) is 25.4 Å². The first-order valence-corrected chi connectivity index (χ1v) is 6.47. The third kappa shape index (κ3) is 3.55. The number of rotatable bonds is 6. The molecule has 0 unspecified atom stereocenters. The molecular formula is C15H16N2O4. The van der Waals surface area contributed by atoms with Crippen LogP contribution in [0.25, 0.3) is 10.8 Å². The number of ether oxygens (including phenoxy) is 1. The number of pyridine rings is 1. The Balaban J connectivity index is 2.35. The second-order valence-corrected chi connectivity index (χ2v) is 4.49. The fourth-order valence-corrected chi connectivity index (χ4v) is 2.06. The average Bonchev–Trinajstić information content (AvgIpc) is 2.50. The number of aliphatic carboxylic acids is 1. The minimum atomic E-state index is -1.07. The van der Waals surface area contributed by atoms with E-state index in [1.807, 2.05) is 24.3 Å². The molecule has 1 aromatic heterocycles. The van der Waals surface area contributed by atoms with Crippen molar-refractivity contribution < 1.29 is 19.4 Å². The molecule has 0 atom stereocenters. The summed E-state index contributed by atoms with van der Waals surface area (Å²) in [6.45, 7) is 0.0867. The topological polar surface area (TPSA) is 79.7 Å². The fourth-order valence-electron chi connectivity index (χ4n) is 2.06. The summed E-state index contributed by atoms with van der Waals surface area (Å²) in [5, 5.41) is 10.5. The van der Waals surface area contributed by atoms with Gasteiger partial charge in [-0.2, -0.15) is 0 Å². The van der Waals surface area contributed by atoms with E-state index in [0.717, 1.165) is 5.39 Å². The first kappa shape index (κ1) is 14.9. The Morgan fingerprint density at radius 1 is 1.29 bits per heavy atom. The summed E-state index contributed by atoms with van der Waals surface area (Å²) in [7, 11) is 1.50. The largest absolute Gasteiger partial charge is 0.480 e. The van der Waals surface area contributed by atoms with Gasteiger partial charge in [0.15, 0.2) is 0 Å². The molecule has 0 fully saturated rings. The van der Waals surface area contributed by atoms with Crippen molar-refractivity contribution in [2.75, 3.05) is 26.8 Å². The lowest BCUT2D eigenvalue weighted by molar-refractivity contribution is -0.137. The van der Waals surface area contributed by atoms with Crippen molar-refractivity contribution in [3.05, 3.63) is 42.2 Å². The van der Waals surface area contributed by atoms with Crippen LogP contribution in [0.15, 0.2) is 36.5 Å². The van der Waals surface area contributed by atoms with E-state index in [9.17, 15) is 9.59 Å². The molecule has 0 aliphatic rings. The maximum Gasteiger partial charge on any atom is 0.323 e. The highest BCUT2D eigenvalue weighted by molar-refractivity contribution is 6.05. The van der Waals surface area contributed by atoms with Crippen molar-refractivity contribution >= 4 is 22.6 Å². The number of hydrogen-bond donors (Lipinski definition) is 1. The number of benzene rings is 1. The number of carboxylic acid groups (broad SMARTS) is 1. The van der Waals surface area contributed by atoms with E-state index >= 15 is 0 Å². The van der Waals surface area contributed by atoms with Gasteiger partial charge in [-0.3, -0.25) is 14.6 Å². The van der Waals surface area contributed by atoms with Crippen LogP contribution in [-0.4, -0.2) is 53.7 Å². The number of amides is 1. The highest BCUT2D eigenvalue weighted by Gasteiger charge is 2.21. The standard InChI is InChI=1S/C15H16N2O4/c1-21-9-8-17(10-13(18)19)15(20)14-12-5-3-2-4-11(12)6-7-16-14/h2-7H,8-10H2,1H3,(H,18,19). The molecule has 6 heteroatoms. The van der Waals surface area contributed by atoms with Gasteiger partial charge in [0.1, 0.15) is 12.2 Å². The Kier molecular flexibility index (Phi) is 4.84. The molecule has 0 saturated carbocycles. The van der Waals surface area contributed by atoms with Crippen LogP contribution >= 0.6 is 0 Å². The van der Waals surface area contributed by atoms with Gasteiger partial charge >= 0.3 is 5.97 Å². The molecule has 110 valence electrons. The molecule has 1 N–H and O–H groups in total. The van der Waals surface area contributed by atoms with Gasteiger partial charge < -0.3 is 14.7 Å². The molecule has 1 aromatic carbocycles. The zero-order valence-corrected chi connectivity index (χ0v) is 11.7. The maximum atomic E-state index is 12.5. The molecule has 0 spiro atoms. The predicted molar refractivity (Wildman–Crippen MR) is 77.2 cm³/mol. The van der Waals surface area contributed by atoms with Gasteiger partial charge in [0, 0.05) is 25.2 Å². The van der Waals surface area contributed by atoms with E-state index in [4.69, 9.17) is 9.84 Å². The molecule has 0 bridgehead atoms. The summed E-state index contributed by atoms with van der Waals surface area (Å²) in [5.41, 5.74) is 0.255. The van der Waals surface area contributed by atoms with Gasteiger partial charge in [0.05, 0.1) is 6.61 Å². The summed E-state index contributed by atoms with van der Waals surface area (Å²) in [6, 6.07) is 9.17. The van der Waals surface area contributed by atoms with Crippen molar-refractivity contribution in [2.24, 2.45) is 0 Å². The molecule has 0 radical (unpaired) electrons. The summed E-state index contributed by atoms with van der Waals surface area (Å²) in [6.07, 6.45) is 1.55. The minimum Gasteiger partial charge on any atom is -0.480 e. The first-order chi connectivity index (χ1) is 10.1. The van der Waals surface area contributed by atoms with Crippen molar-refractivity contribution in [3.8, 4) is 0 Å². The number of carboxylic acids is 1. The minimum absolute atomic E-state index is 0.201. The van der Waals surface area contributed by atoms with Crippen molar-refractivity contribution in [3.63, 3.8) is 0 Å². The highest BCUT2D eigenvalue weighted by Crippen LogP contribution is 2.17. The van der Waals surface area contributed by atoms with Gasteiger partial charge in [-0.05, 0) is 11.5 Å². The second-order valence-electron chi connectivity index (χ2n) is 4.49. The van der Waals surface area contributed by atoms with Crippen molar-refractivity contribution in [2.45, 2.75) is 0 Å². The van der Waals surface area contributed by atoms with Crippen LogP contribution in [0.2, 0.25) is 0 Å². The Labute approximate surface area is 122 Å². The average molecular weight is 288 g/mol.